The van der Waals surface area contributed by atoms with E-state index in [0.717, 1.165) is 63.6 Å². The Bertz CT molecular complexity index is 856. The van der Waals surface area contributed by atoms with Gasteiger partial charge < -0.3 is 9.80 Å². The van der Waals surface area contributed by atoms with E-state index in [1.54, 1.807) is 12.1 Å². The maximum atomic E-state index is 12.8. The number of benzene rings is 1. The molecule has 30 heavy (non-hydrogen) atoms. The fourth-order valence-electron chi connectivity index (χ4n) is 4.44. The third kappa shape index (κ3) is 5.45. The van der Waals surface area contributed by atoms with Crippen molar-refractivity contribution in [3.63, 3.8) is 0 Å². The van der Waals surface area contributed by atoms with Gasteiger partial charge in [0.25, 0.3) is 0 Å². The number of piperidine rings is 1. The van der Waals surface area contributed by atoms with Crippen LogP contribution in [0.5, 0.6) is 0 Å². The van der Waals surface area contributed by atoms with Crippen LogP contribution in [0.25, 0.3) is 0 Å². The molecule has 2 aliphatic heterocycles. The van der Waals surface area contributed by atoms with E-state index in [2.05, 4.69) is 20.9 Å². The zero-order valence-electron chi connectivity index (χ0n) is 17.1. The van der Waals surface area contributed by atoms with Crippen molar-refractivity contribution in [3.05, 3.63) is 58.2 Å². The lowest BCUT2D eigenvalue weighted by Crippen LogP contribution is -2.50. The summed E-state index contributed by atoms with van der Waals surface area (Å²) in [7, 11) is 0. The summed E-state index contributed by atoms with van der Waals surface area (Å²) in [6, 6.07) is 11.5. The number of aromatic nitrogens is 1. The maximum absolute atomic E-state index is 12.8. The second-order valence-electron chi connectivity index (χ2n) is 8.25. The first-order valence-corrected chi connectivity index (χ1v) is 11.4. The quantitative estimate of drug-likeness (QED) is 0.695. The van der Waals surface area contributed by atoms with Crippen LogP contribution in [0, 0.1) is 5.92 Å². The average molecular weight is 447 g/mol. The monoisotopic (exact) mass is 446 g/mol. The number of amides is 1. The Labute approximate surface area is 188 Å². The highest BCUT2D eigenvalue weighted by atomic mass is 35.5. The van der Waals surface area contributed by atoms with Crippen LogP contribution in [0.1, 0.15) is 18.4 Å². The SMILES string of the molecule is O=C(Cc1ccc(Cl)c(Cl)c1)N1CCCC(CN2CCN(c3ccccn3)CC2)C1. The molecule has 1 atom stereocenters. The summed E-state index contributed by atoms with van der Waals surface area (Å²) >= 11 is 12.1. The molecule has 2 aliphatic rings. The highest BCUT2D eigenvalue weighted by molar-refractivity contribution is 6.42. The normalized spacial score (nSPS) is 20.4. The van der Waals surface area contributed by atoms with Gasteiger partial charge >= 0.3 is 0 Å². The van der Waals surface area contributed by atoms with Gasteiger partial charge in [0, 0.05) is 52.0 Å². The summed E-state index contributed by atoms with van der Waals surface area (Å²) in [5, 5.41) is 1.03. The van der Waals surface area contributed by atoms with E-state index in [1.807, 2.05) is 29.3 Å². The van der Waals surface area contributed by atoms with Crippen molar-refractivity contribution in [2.45, 2.75) is 19.3 Å². The Morgan fingerprint density at radius 1 is 1.03 bits per heavy atom. The Kier molecular flexibility index (Phi) is 7.13. The van der Waals surface area contributed by atoms with Gasteiger partial charge in [-0.15, -0.1) is 0 Å². The summed E-state index contributed by atoms with van der Waals surface area (Å²) in [4.78, 5) is 24.2. The van der Waals surface area contributed by atoms with Crippen LogP contribution in [0.4, 0.5) is 5.82 Å². The van der Waals surface area contributed by atoms with E-state index in [-0.39, 0.29) is 5.91 Å². The van der Waals surface area contributed by atoms with E-state index >= 15 is 0 Å². The van der Waals surface area contributed by atoms with Crippen LogP contribution in [-0.4, -0.2) is 66.5 Å². The van der Waals surface area contributed by atoms with Gasteiger partial charge in [0.05, 0.1) is 16.5 Å². The zero-order chi connectivity index (χ0) is 20.9. The Balaban J connectivity index is 1.26. The Morgan fingerprint density at radius 3 is 2.60 bits per heavy atom. The number of carbonyl (C=O) groups excluding carboxylic acids is 1. The van der Waals surface area contributed by atoms with Crippen molar-refractivity contribution in [2.24, 2.45) is 5.92 Å². The third-order valence-electron chi connectivity index (χ3n) is 6.07. The van der Waals surface area contributed by atoms with Crippen LogP contribution in [0.3, 0.4) is 0 Å². The topological polar surface area (TPSA) is 39.7 Å². The summed E-state index contributed by atoms with van der Waals surface area (Å²) < 4.78 is 0. The molecule has 1 aromatic heterocycles. The van der Waals surface area contributed by atoms with Gasteiger partial charge in [0.1, 0.15) is 5.82 Å². The van der Waals surface area contributed by atoms with E-state index in [0.29, 0.717) is 22.4 Å². The first-order chi connectivity index (χ1) is 14.6. The van der Waals surface area contributed by atoms with Gasteiger partial charge in [0.2, 0.25) is 5.91 Å². The molecule has 7 heteroatoms. The molecule has 2 fully saturated rings. The number of halogens is 2. The van der Waals surface area contributed by atoms with Gasteiger partial charge in [-0.25, -0.2) is 4.98 Å². The Morgan fingerprint density at radius 2 is 1.87 bits per heavy atom. The number of rotatable bonds is 5. The highest BCUT2D eigenvalue weighted by Gasteiger charge is 2.27. The fraction of sp³-hybridized carbons (Fsp3) is 0.478. The maximum Gasteiger partial charge on any atom is 0.227 e. The molecular weight excluding hydrogens is 419 g/mol. The molecule has 3 heterocycles. The molecule has 160 valence electrons. The molecule has 2 aromatic rings. The second-order valence-corrected chi connectivity index (χ2v) is 9.06. The molecule has 0 N–H and O–H groups in total. The molecule has 0 radical (unpaired) electrons. The van der Waals surface area contributed by atoms with Gasteiger partial charge in [-0.3, -0.25) is 9.69 Å². The standard InChI is InChI=1S/C23H28Cl2N4O/c24-20-7-6-18(14-21(20)25)15-23(30)29-9-3-4-19(17-29)16-27-10-12-28(13-11-27)22-5-1-2-8-26-22/h1-2,5-8,14,19H,3-4,9-13,15-17H2. The third-order valence-corrected chi connectivity index (χ3v) is 6.81. The molecule has 1 amide bonds. The smallest absolute Gasteiger partial charge is 0.227 e. The van der Waals surface area contributed by atoms with E-state index in [4.69, 9.17) is 23.2 Å². The van der Waals surface area contributed by atoms with Gasteiger partial charge in [0.15, 0.2) is 0 Å². The molecule has 0 saturated carbocycles. The minimum absolute atomic E-state index is 0.179. The molecule has 0 bridgehead atoms. The van der Waals surface area contributed by atoms with Gasteiger partial charge in [-0.05, 0) is 48.6 Å². The molecule has 2 saturated heterocycles. The largest absolute Gasteiger partial charge is 0.354 e. The minimum atomic E-state index is 0.179. The number of likely N-dealkylation sites (tertiary alicyclic amines) is 1. The van der Waals surface area contributed by atoms with Gasteiger partial charge in [-0.2, -0.15) is 0 Å². The summed E-state index contributed by atoms with van der Waals surface area (Å²) in [6.07, 6.45) is 4.50. The molecule has 5 nitrogen and oxygen atoms in total. The minimum Gasteiger partial charge on any atom is -0.354 e. The molecule has 0 aliphatic carbocycles. The summed E-state index contributed by atoms with van der Waals surface area (Å²) in [5.41, 5.74) is 0.919. The second kappa shape index (κ2) is 9.99. The molecule has 1 aromatic carbocycles. The number of nitrogens with zero attached hydrogens (tertiary/aromatic N) is 4. The molecule has 4 rings (SSSR count). The predicted molar refractivity (Wildman–Crippen MR) is 122 cm³/mol. The van der Waals surface area contributed by atoms with Crippen molar-refractivity contribution in [1.82, 2.24) is 14.8 Å². The first-order valence-electron chi connectivity index (χ1n) is 10.7. The molecule has 0 spiro atoms. The Hall–Kier alpha value is -1.82. The van der Waals surface area contributed by atoms with Crippen LogP contribution in [-0.2, 0) is 11.2 Å². The van der Waals surface area contributed by atoms with Crippen LogP contribution < -0.4 is 4.90 Å². The first kappa shape index (κ1) is 21.4. The molecular formula is C23H28Cl2N4O. The number of pyridine rings is 1. The van der Waals surface area contributed by atoms with Crippen molar-refractivity contribution >= 4 is 34.9 Å². The molecule has 1 unspecified atom stereocenters. The zero-order valence-corrected chi connectivity index (χ0v) is 18.7. The lowest BCUT2D eigenvalue weighted by atomic mass is 9.96. The number of piperazine rings is 1. The summed E-state index contributed by atoms with van der Waals surface area (Å²) in [5.74, 6) is 1.78. The van der Waals surface area contributed by atoms with Crippen LogP contribution in [0.15, 0.2) is 42.6 Å². The van der Waals surface area contributed by atoms with E-state index < -0.39 is 0 Å². The average Bonchev–Trinajstić information content (AvgIpc) is 2.78. The van der Waals surface area contributed by atoms with Gasteiger partial charge in [-0.1, -0.05) is 35.3 Å². The number of hydrogen-bond donors (Lipinski definition) is 0. The summed E-state index contributed by atoms with van der Waals surface area (Å²) in [6.45, 7) is 6.86. The van der Waals surface area contributed by atoms with Crippen molar-refractivity contribution < 1.29 is 4.79 Å². The highest BCUT2D eigenvalue weighted by Crippen LogP contribution is 2.24. The van der Waals surface area contributed by atoms with Crippen molar-refractivity contribution in [3.8, 4) is 0 Å². The van der Waals surface area contributed by atoms with E-state index in [1.165, 1.54) is 6.42 Å². The van der Waals surface area contributed by atoms with Crippen LogP contribution >= 0.6 is 23.2 Å². The van der Waals surface area contributed by atoms with E-state index in [9.17, 15) is 4.79 Å². The number of anilines is 1. The van der Waals surface area contributed by atoms with Crippen molar-refractivity contribution in [1.29, 1.82) is 0 Å². The number of hydrogen-bond acceptors (Lipinski definition) is 4. The van der Waals surface area contributed by atoms with Crippen LogP contribution in [0.2, 0.25) is 10.0 Å². The van der Waals surface area contributed by atoms with Crippen molar-refractivity contribution in [2.75, 3.05) is 50.7 Å². The predicted octanol–water partition coefficient (Wildman–Crippen LogP) is 3.99. The lowest BCUT2D eigenvalue weighted by Gasteiger charge is -2.39. The number of carbonyl (C=O) groups is 1. The lowest BCUT2D eigenvalue weighted by molar-refractivity contribution is -0.132. The fourth-order valence-corrected chi connectivity index (χ4v) is 4.76.